The van der Waals surface area contributed by atoms with Crippen LogP contribution in [0, 0.1) is 0 Å². The summed E-state index contributed by atoms with van der Waals surface area (Å²) >= 11 is 1.29. The van der Waals surface area contributed by atoms with E-state index < -0.39 is 5.97 Å². The summed E-state index contributed by atoms with van der Waals surface area (Å²) in [5.41, 5.74) is 0. The van der Waals surface area contributed by atoms with E-state index in [1.54, 1.807) is 24.4 Å². The first kappa shape index (κ1) is 16.9. The summed E-state index contributed by atoms with van der Waals surface area (Å²) in [4.78, 5) is 37.0. The lowest BCUT2D eigenvalue weighted by Crippen LogP contribution is -2.42. The van der Waals surface area contributed by atoms with Gasteiger partial charge in [-0.25, -0.2) is 0 Å². The van der Waals surface area contributed by atoms with Gasteiger partial charge < -0.3 is 15.0 Å². The van der Waals surface area contributed by atoms with Crippen LogP contribution in [0.3, 0.4) is 0 Å². The van der Waals surface area contributed by atoms with Crippen molar-refractivity contribution in [3.8, 4) is 0 Å². The Kier molecular flexibility index (Phi) is 7.17. The summed E-state index contributed by atoms with van der Waals surface area (Å²) in [6.07, 6.45) is 1.51. The summed E-state index contributed by atoms with van der Waals surface area (Å²) in [7, 11) is 0. The van der Waals surface area contributed by atoms with Gasteiger partial charge >= 0.3 is 5.97 Å². The molecule has 0 bridgehead atoms. The zero-order chi connectivity index (χ0) is 15.7. The summed E-state index contributed by atoms with van der Waals surface area (Å²) in [6, 6.07) is 3.43. The lowest BCUT2D eigenvalue weighted by atomic mass is 10.4. The number of hydrogen-bond acceptors (Lipinski definition) is 5. The van der Waals surface area contributed by atoms with Gasteiger partial charge in [0, 0.05) is 6.54 Å². The standard InChI is InChI=1S/C14H18N2O4S/c1-3-7-16(10-13(18)20-4-2)12(17)9-15-14(19)11-6-5-8-21-11/h3,5-6,8H,1,4,7,9-10H2,2H3,(H,15,19). The highest BCUT2D eigenvalue weighted by Gasteiger charge is 2.17. The Morgan fingerprint density at radius 3 is 2.81 bits per heavy atom. The maximum absolute atomic E-state index is 12.0. The van der Waals surface area contributed by atoms with E-state index in [1.807, 2.05) is 0 Å². The van der Waals surface area contributed by atoms with Crippen LogP contribution in [-0.2, 0) is 14.3 Å². The second kappa shape index (κ2) is 8.91. The third-order valence-corrected chi connectivity index (χ3v) is 3.34. The fourth-order valence-corrected chi connectivity index (χ4v) is 2.18. The van der Waals surface area contributed by atoms with Crippen LogP contribution < -0.4 is 5.32 Å². The third-order valence-electron chi connectivity index (χ3n) is 2.47. The van der Waals surface area contributed by atoms with Crippen LogP contribution in [0.4, 0.5) is 0 Å². The molecule has 0 fully saturated rings. The van der Waals surface area contributed by atoms with Gasteiger partial charge in [-0.2, -0.15) is 0 Å². The molecule has 0 aliphatic rings. The van der Waals surface area contributed by atoms with E-state index in [9.17, 15) is 14.4 Å². The van der Waals surface area contributed by atoms with Crippen LogP contribution in [0.25, 0.3) is 0 Å². The summed E-state index contributed by atoms with van der Waals surface area (Å²) in [5.74, 6) is -1.17. The molecule has 1 aromatic heterocycles. The largest absolute Gasteiger partial charge is 0.465 e. The first-order valence-corrected chi connectivity index (χ1v) is 7.32. The van der Waals surface area contributed by atoms with Crippen molar-refractivity contribution < 1.29 is 19.1 Å². The number of thiophene rings is 1. The lowest BCUT2D eigenvalue weighted by molar-refractivity contribution is -0.148. The third kappa shape index (κ3) is 5.78. The minimum Gasteiger partial charge on any atom is -0.465 e. The molecule has 1 heterocycles. The molecular weight excluding hydrogens is 292 g/mol. The number of nitrogens with zero attached hydrogens (tertiary/aromatic N) is 1. The maximum Gasteiger partial charge on any atom is 0.325 e. The van der Waals surface area contributed by atoms with Gasteiger partial charge in [-0.1, -0.05) is 12.1 Å². The SMILES string of the molecule is C=CCN(CC(=O)OCC)C(=O)CNC(=O)c1cccs1. The number of carbonyl (C=O) groups is 3. The van der Waals surface area contributed by atoms with E-state index in [0.29, 0.717) is 4.88 Å². The molecule has 7 heteroatoms. The Morgan fingerprint density at radius 1 is 1.48 bits per heavy atom. The van der Waals surface area contributed by atoms with Gasteiger partial charge in [0.2, 0.25) is 5.91 Å². The van der Waals surface area contributed by atoms with Crippen LogP contribution in [0.2, 0.25) is 0 Å². The molecule has 6 nitrogen and oxygen atoms in total. The fourth-order valence-electron chi connectivity index (χ4n) is 1.54. The Bertz CT molecular complexity index is 499. The molecule has 0 atom stereocenters. The molecule has 1 aromatic rings. The van der Waals surface area contributed by atoms with E-state index in [-0.39, 0.29) is 38.1 Å². The molecule has 114 valence electrons. The second-order valence-electron chi connectivity index (χ2n) is 4.03. The monoisotopic (exact) mass is 310 g/mol. The number of carbonyl (C=O) groups excluding carboxylic acids is 3. The molecule has 1 rings (SSSR count). The number of ether oxygens (including phenoxy) is 1. The molecule has 0 aromatic carbocycles. The van der Waals surface area contributed by atoms with E-state index in [2.05, 4.69) is 11.9 Å². The molecule has 0 aliphatic heterocycles. The summed E-state index contributed by atoms with van der Waals surface area (Å²) < 4.78 is 4.80. The predicted octanol–water partition coefficient (Wildman–Crippen LogP) is 1.06. The zero-order valence-corrected chi connectivity index (χ0v) is 12.6. The molecule has 0 saturated carbocycles. The van der Waals surface area contributed by atoms with Crippen molar-refractivity contribution in [2.24, 2.45) is 0 Å². The number of amides is 2. The van der Waals surface area contributed by atoms with Gasteiger partial charge in [-0.3, -0.25) is 14.4 Å². The van der Waals surface area contributed by atoms with Crippen molar-refractivity contribution in [2.45, 2.75) is 6.92 Å². The Hall–Kier alpha value is -2.15. The highest BCUT2D eigenvalue weighted by molar-refractivity contribution is 7.12. The van der Waals surface area contributed by atoms with Crippen LogP contribution in [-0.4, -0.2) is 48.9 Å². The zero-order valence-electron chi connectivity index (χ0n) is 11.8. The molecule has 2 amide bonds. The van der Waals surface area contributed by atoms with Gasteiger partial charge in [-0.15, -0.1) is 17.9 Å². The van der Waals surface area contributed by atoms with Crippen molar-refractivity contribution in [2.75, 3.05) is 26.2 Å². The van der Waals surface area contributed by atoms with Crippen LogP contribution in [0.1, 0.15) is 16.6 Å². The predicted molar refractivity (Wildman–Crippen MR) is 80.1 cm³/mol. The summed E-state index contributed by atoms with van der Waals surface area (Å²) in [5, 5.41) is 4.30. The Labute approximate surface area is 127 Å². The number of nitrogens with one attached hydrogen (secondary N) is 1. The second-order valence-corrected chi connectivity index (χ2v) is 4.98. The molecule has 0 aliphatic carbocycles. The van der Waals surface area contributed by atoms with Crippen molar-refractivity contribution in [1.29, 1.82) is 0 Å². The Morgan fingerprint density at radius 2 is 2.24 bits per heavy atom. The van der Waals surface area contributed by atoms with Gasteiger partial charge in [-0.05, 0) is 18.4 Å². The van der Waals surface area contributed by atoms with E-state index in [4.69, 9.17) is 4.74 Å². The van der Waals surface area contributed by atoms with Gasteiger partial charge in [0.1, 0.15) is 6.54 Å². The quantitative estimate of drug-likeness (QED) is 0.575. The van der Waals surface area contributed by atoms with Crippen molar-refractivity contribution in [1.82, 2.24) is 10.2 Å². The first-order valence-electron chi connectivity index (χ1n) is 6.44. The minimum atomic E-state index is -0.489. The number of rotatable bonds is 8. The maximum atomic E-state index is 12.0. The van der Waals surface area contributed by atoms with E-state index in [0.717, 1.165) is 0 Å². The highest BCUT2D eigenvalue weighted by Crippen LogP contribution is 2.07. The number of hydrogen-bond donors (Lipinski definition) is 1. The molecule has 1 N–H and O–H groups in total. The molecule has 0 spiro atoms. The molecular formula is C14H18N2O4S. The smallest absolute Gasteiger partial charge is 0.325 e. The minimum absolute atomic E-state index is 0.159. The van der Waals surface area contributed by atoms with E-state index >= 15 is 0 Å². The van der Waals surface area contributed by atoms with Crippen LogP contribution in [0.15, 0.2) is 30.2 Å². The van der Waals surface area contributed by atoms with Crippen molar-refractivity contribution in [3.05, 3.63) is 35.0 Å². The topological polar surface area (TPSA) is 75.7 Å². The van der Waals surface area contributed by atoms with Gasteiger partial charge in [0.15, 0.2) is 0 Å². The van der Waals surface area contributed by atoms with Crippen molar-refractivity contribution in [3.63, 3.8) is 0 Å². The fraction of sp³-hybridized carbons (Fsp3) is 0.357. The molecule has 21 heavy (non-hydrogen) atoms. The van der Waals surface area contributed by atoms with E-state index in [1.165, 1.54) is 22.3 Å². The van der Waals surface area contributed by atoms with Gasteiger partial charge in [0.05, 0.1) is 18.0 Å². The lowest BCUT2D eigenvalue weighted by Gasteiger charge is -2.20. The molecule has 0 unspecified atom stereocenters. The molecule has 0 radical (unpaired) electrons. The highest BCUT2D eigenvalue weighted by atomic mass is 32.1. The van der Waals surface area contributed by atoms with Crippen LogP contribution >= 0.6 is 11.3 Å². The van der Waals surface area contributed by atoms with Crippen LogP contribution in [0.5, 0.6) is 0 Å². The molecule has 0 saturated heterocycles. The average molecular weight is 310 g/mol. The van der Waals surface area contributed by atoms with Gasteiger partial charge in [0.25, 0.3) is 5.91 Å². The summed E-state index contributed by atoms with van der Waals surface area (Å²) in [6.45, 7) is 5.37. The Balaban J connectivity index is 2.50. The first-order chi connectivity index (χ1) is 10.1. The average Bonchev–Trinajstić information content (AvgIpc) is 2.98. The van der Waals surface area contributed by atoms with Crippen molar-refractivity contribution >= 4 is 29.1 Å². The number of esters is 1. The normalized spacial score (nSPS) is 9.76.